The summed E-state index contributed by atoms with van der Waals surface area (Å²) in [6.07, 6.45) is 6.39. The Morgan fingerprint density at radius 2 is 2.22 bits per heavy atom. The maximum Gasteiger partial charge on any atom is 0.339 e. The van der Waals surface area contributed by atoms with Crippen molar-refractivity contribution in [3.05, 3.63) is 30.5 Å². The van der Waals surface area contributed by atoms with Gasteiger partial charge < -0.3 is 14.7 Å². The molecule has 7 nitrogen and oxygen atoms in total. The van der Waals surface area contributed by atoms with E-state index in [9.17, 15) is 4.79 Å². The van der Waals surface area contributed by atoms with Crippen molar-refractivity contribution in [1.82, 2.24) is 24.5 Å². The van der Waals surface area contributed by atoms with Gasteiger partial charge in [-0.15, -0.1) is 0 Å². The fourth-order valence-electron chi connectivity index (χ4n) is 1.72. The van der Waals surface area contributed by atoms with Gasteiger partial charge in [0.1, 0.15) is 22.5 Å². The quantitative estimate of drug-likeness (QED) is 0.701. The molecular formula is C11H9N5O2. The number of hydrogen-bond acceptors (Lipinski definition) is 4. The Balaban J connectivity index is 2.20. The summed E-state index contributed by atoms with van der Waals surface area (Å²) in [6.45, 7) is 0. The van der Waals surface area contributed by atoms with E-state index in [4.69, 9.17) is 5.11 Å². The van der Waals surface area contributed by atoms with Crippen LogP contribution < -0.4 is 0 Å². The Labute approximate surface area is 101 Å². The van der Waals surface area contributed by atoms with Crippen LogP contribution in [0.1, 0.15) is 10.4 Å². The van der Waals surface area contributed by atoms with E-state index in [0.29, 0.717) is 22.6 Å². The summed E-state index contributed by atoms with van der Waals surface area (Å²) >= 11 is 0. The largest absolute Gasteiger partial charge is 0.478 e. The first-order valence-corrected chi connectivity index (χ1v) is 5.21. The number of nitrogens with one attached hydrogen (secondary N) is 1. The molecule has 0 aromatic carbocycles. The Bertz CT molecular complexity index is 743. The third kappa shape index (κ3) is 1.53. The smallest absolute Gasteiger partial charge is 0.339 e. The Hall–Kier alpha value is -2.70. The van der Waals surface area contributed by atoms with Crippen LogP contribution in [-0.4, -0.2) is 35.6 Å². The highest BCUT2D eigenvalue weighted by atomic mass is 16.4. The summed E-state index contributed by atoms with van der Waals surface area (Å²) < 4.78 is 1.79. The molecule has 18 heavy (non-hydrogen) atoms. The van der Waals surface area contributed by atoms with E-state index < -0.39 is 5.97 Å². The zero-order chi connectivity index (χ0) is 12.7. The molecule has 0 spiro atoms. The molecule has 7 heteroatoms. The lowest BCUT2D eigenvalue weighted by atomic mass is 10.3. The minimum absolute atomic E-state index is 0.107. The molecule has 2 N–H and O–H groups in total. The van der Waals surface area contributed by atoms with Crippen molar-refractivity contribution in [3.63, 3.8) is 0 Å². The van der Waals surface area contributed by atoms with Crippen molar-refractivity contribution in [1.29, 1.82) is 0 Å². The van der Waals surface area contributed by atoms with Crippen LogP contribution in [0.4, 0.5) is 0 Å². The van der Waals surface area contributed by atoms with Gasteiger partial charge in [0.15, 0.2) is 5.65 Å². The minimum Gasteiger partial charge on any atom is -0.478 e. The average Bonchev–Trinajstić information content (AvgIpc) is 2.93. The molecule has 3 rings (SSSR count). The maximum absolute atomic E-state index is 11.0. The van der Waals surface area contributed by atoms with Crippen LogP contribution >= 0.6 is 0 Å². The van der Waals surface area contributed by atoms with Crippen molar-refractivity contribution in [2.45, 2.75) is 0 Å². The van der Waals surface area contributed by atoms with Crippen LogP contribution in [0.3, 0.4) is 0 Å². The van der Waals surface area contributed by atoms with Crippen LogP contribution in [0.15, 0.2) is 24.9 Å². The number of carboxylic acid groups (broad SMARTS) is 1. The number of nitrogens with zero attached hydrogens (tertiary/aromatic N) is 4. The fraction of sp³-hybridized carbons (Fsp3) is 0.0909. The Morgan fingerprint density at radius 3 is 2.89 bits per heavy atom. The number of carbonyl (C=O) groups is 1. The topological polar surface area (TPSA) is 96.7 Å². The molecule has 0 unspecified atom stereocenters. The minimum atomic E-state index is -1.03. The molecule has 3 aromatic rings. The van der Waals surface area contributed by atoms with E-state index in [1.54, 1.807) is 23.3 Å². The Morgan fingerprint density at radius 1 is 1.39 bits per heavy atom. The van der Waals surface area contributed by atoms with Gasteiger partial charge in [0.2, 0.25) is 0 Å². The van der Waals surface area contributed by atoms with Gasteiger partial charge in [-0.1, -0.05) is 0 Å². The lowest BCUT2D eigenvalue weighted by molar-refractivity contribution is 0.0699. The number of imidazole rings is 1. The predicted molar refractivity (Wildman–Crippen MR) is 63.1 cm³/mol. The number of aromatic nitrogens is 5. The van der Waals surface area contributed by atoms with Gasteiger partial charge in [0.25, 0.3) is 0 Å². The predicted octanol–water partition coefficient (Wildman–Crippen LogP) is 1.06. The molecule has 0 saturated carbocycles. The number of carboxylic acids is 1. The second-order valence-electron chi connectivity index (χ2n) is 3.88. The van der Waals surface area contributed by atoms with Crippen LogP contribution in [0.2, 0.25) is 0 Å². The number of hydrogen-bond donors (Lipinski definition) is 2. The summed E-state index contributed by atoms with van der Waals surface area (Å²) in [7, 11) is 1.85. The highest BCUT2D eigenvalue weighted by Gasteiger charge is 2.14. The standard InChI is InChI=1S/C11H9N5O2/c1-16-4-8(14-5-16)7-3-13-10-9(15-7)6(2-12-10)11(17)18/h2-5H,1H3,(H,12,13)(H,17,18). The average molecular weight is 243 g/mol. The molecular weight excluding hydrogens is 234 g/mol. The molecule has 0 saturated heterocycles. The van der Waals surface area contributed by atoms with Crippen molar-refractivity contribution in [2.75, 3.05) is 0 Å². The zero-order valence-electron chi connectivity index (χ0n) is 9.45. The summed E-state index contributed by atoms with van der Waals surface area (Å²) in [4.78, 5) is 26.4. The molecule has 0 aliphatic carbocycles. The first-order chi connectivity index (χ1) is 8.65. The lowest BCUT2D eigenvalue weighted by Crippen LogP contribution is -1.96. The molecule has 0 fully saturated rings. The Kier molecular flexibility index (Phi) is 2.12. The highest BCUT2D eigenvalue weighted by molar-refractivity contribution is 6.00. The molecule has 0 atom stereocenters. The fourth-order valence-corrected chi connectivity index (χ4v) is 1.72. The number of fused-ring (bicyclic) bond motifs is 1. The van der Waals surface area contributed by atoms with E-state index in [1.807, 2.05) is 7.05 Å². The van der Waals surface area contributed by atoms with Gasteiger partial charge in [-0.2, -0.15) is 0 Å². The zero-order valence-corrected chi connectivity index (χ0v) is 9.45. The van der Waals surface area contributed by atoms with Gasteiger partial charge >= 0.3 is 5.97 Å². The maximum atomic E-state index is 11.0. The molecule has 90 valence electrons. The number of rotatable bonds is 2. The van der Waals surface area contributed by atoms with Crippen LogP contribution in [0.5, 0.6) is 0 Å². The first-order valence-electron chi connectivity index (χ1n) is 5.21. The van der Waals surface area contributed by atoms with E-state index in [2.05, 4.69) is 19.9 Å². The number of H-pyrrole nitrogens is 1. The lowest BCUT2D eigenvalue weighted by Gasteiger charge is -1.96. The van der Waals surface area contributed by atoms with Gasteiger partial charge in [0.05, 0.1) is 12.5 Å². The van der Waals surface area contributed by atoms with E-state index in [1.165, 1.54) is 6.20 Å². The molecule has 0 bridgehead atoms. The van der Waals surface area contributed by atoms with Crippen LogP contribution in [0.25, 0.3) is 22.6 Å². The molecule has 0 amide bonds. The number of aromatic carboxylic acids is 1. The number of aromatic amines is 1. The molecule has 3 heterocycles. The van der Waals surface area contributed by atoms with E-state index in [0.717, 1.165) is 0 Å². The van der Waals surface area contributed by atoms with Gasteiger partial charge in [-0.05, 0) is 0 Å². The molecule has 3 aromatic heterocycles. The molecule has 0 radical (unpaired) electrons. The van der Waals surface area contributed by atoms with Gasteiger partial charge in [0, 0.05) is 19.4 Å². The summed E-state index contributed by atoms with van der Waals surface area (Å²) in [5.41, 5.74) is 2.10. The first kappa shape index (κ1) is 10.5. The monoisotopic (exact) mass is 243 g/mol. The SMILES string of the molecule is Cn1cnc(-c2cnc3[nH]cc(C(=O)O)c3n2)c1. The van der Waals surface area contributed by atoms with Crippen molar-refractivity contribution < 1.29 is 9.90 Å². The van der Waals surface area contributed by atoms with Crippen LogP contribution in [-0.2, 0) is 7.05 Å². The van der Waals surface area contributed by atoms with E-state index in [-0.39, 0.29) is 5.56 Å². The molecule has 0 aliphatic heterocycles. The van der Waals surface area contributed by atoms with Gasteiger partial charge in [-0.25, -0.2) is 19.7 Å². The van der Waals surface area contributed by atoms with E-state index >= 15 is 0 Å². The highest BCUT2D eigenvalue weighted by Crippen LogP contribution is 2.19. The second-order valence-corrected chi connectivity index (χ2v) is 3.88. The molecule has 0 aliphatic rings. The number of aryl methyl sites for hydroxylation is 1. The summed E-state index contributed by atoms with van der Waals surface area (Å²) in [5, 5.41) is 9.03. The third-order valence-corrected chi connectivity index (χ3v) is 2.58. The van der Waals surface area contributed by atoms with Crippen molar-refractivity contribution in [3.8, 4) is 11.4 Å². The van der Waals surface area contributed by atoms with Crippen molar-refractivity contribution in [2.24, 2.45) is 7.05 Å². The summed E-state index contributed by atoms with van der Waals surface area (Å²) in [6, 6.07) is 0. The normalized spacial score (nSPS) is 10.9. The second kappa shape index (κ2) is 3.66. The van der Waals surface area contributed by atoms with Gasteiger partial charge in [-0.3, -0.25) is 0 Å². The third-order valence-electron chi connectivity index (χ3n) is 2.58. The van der Waals surface area contributed by atoms with Crippen molar-refractivity contribution >= 4 is 17.1 Å². The summed E-state index contributed by atoms with van der Waals surface area (Å²) in [5.74, 6) is -1.03. The van der Waals surface area contributed by atoms with Crippen LogP contribution in [0, 0.1) is 0 Å².